The summed E-state index contributed by atoms with van der Waals surface area (Å²) in [6.07, 6.45) is 0. The maximum absolute atomic E-state index is 9.64. The van der Waals surface area contributed by atoms with Crippen LogP contribution in [0, 0.1) is 0 Å². The van der Waals surface area contributed by atoms with Gasteiger partial charge in [-0.25, -0.2) is 0 Å². The monoisotopic (exact) mass is 290 g/mol. The van der Waals surface area contributed by atoms with Crippen molar-refractivity contribution in [2.24, 2.45) is 0 Å². The molecule has 0 spiro atoms. The normalized spacial score (nSPS) is 10.9. The number of halogens is 1. The summed E-state index contributed by atoms with van der Waals surface area (Å²) in [7, 11) is -2.87. The van der Waals surface area contributed by atoms with E-state index in [4.69, 9.17) is 13.3 Å². The second kappa shape index (κ2) is 10.4. The van der Waals surface area contributed by atoms with E-state index in [1.165, 1.54) is 0 Å². The molecule has 0 atom stereocenters. The quantitative estimate of drug-likeness (QED) is 0.557. The molecule has 0 aliphatic carbocycles. The van der Waals surface area contributed by atoms with Crippen molar-refractivity contribution in [2.75, 3.05) is 19.8 Å². The molecule has 3 nitrogen and oxygen atoms in total. The van der Waals surface area contributed by atoms with Crippen LogP contribution in [0.3, 0.4) is 0 Å². The summed E-state index contributed by atoms with van der Waals surface area (Å²) < 4.78 is 27.0. The lowest BCUT2D eigenvalue weighted by Crippen LogP contribution is -2.56. The van der Waals surface area contributed by atoms with Gasteiger partial charge in [0.25, 0.3) is 0 Å². The first-order chi connectivity index (χ1) is 8.79. The Labute approximate surface area is 113 Å². The lowest BCUT2D eigenvalue weighted by molar-refractivity contribution is 0.0859. The number of hydrogen-bond acceptors (Lipinski definition) is 3. The van der Waals surface area contributed by atoms with Gasteiger partial charge in [-0.2, -0.15) is 0 Å². The standard InChI is InChI=1S/C12H20O3Si.FH3Si/c1-4-13-16(14-5-2,15-6-3)12-10-8-7-9-11-12;1-2/h7-11H,4-6H2,1-3H3;2H3. The highest BCUT2D eigenvalue weighted by atomic mass is 28.4. The summed E-state index contributed by atoms with van der Waals surface area (Å²) in [5, 5.41) is 1.03. The molecule has 0 amide bonds. The summed E-state index contributed by atoms with van der Waals surface area (Å²) in [5.74, 6) is 0. The van der Waals surface area contributed by atoms with Gasteiger partial charge in [0.1, 0.15) is 0 Å². The van der Waals surface area contributed by atoms with Crippen LogP contribution in [-0.2, 0) is 13.3 Å². The van der Waals surface area contributed by atoms with Gasteiger partial charge in [-0.05, 0) is 20.8 Å². The van der Waals surface area contributed by atoms with Gasteiger partial charge >= 0.3 is 8.80 Å². The highest BCUT2D eigenvalue weighted by Crippen LogP contribution is 2.10. The van der Waals surface area contributed by atoms with Crippen LogP contribution in [0.2, 0.25) is 0 Å². The topological polar surface area (TPSA) is 27.7 Å². The molecule has 0 fully saturated rings. The minimum Gasteiger partial charge on any atom is -0.370 e. The first-order valence-corrected chi connectivity index (χ1v) is 8.62. The van der Waals surface area contributed by atoms with E-state index in [-0.39, 0.29) is 10.6 Å². The highest BCUT2D eigenvalue weighted by molar-refractivity contribution is 6.75. The zero-order valence-corrected chi connectivity index (χ0v) is 14.6. The van der Waals surface area contributed by atoms with Crippen LogP contribution in [0.4, 0.5) is 4.11 Å². The Morgan fingerprint density at radius 3 is 1.61 bits per heavy atom. The zero-order chi connectivity index (χ0) is 13.9. The predicted molar refractivity (Wildman–Crippen MR) is 77.8 cm³/mol. The van der Waals surface area contributed by atoms with E-state index >= 15 is 0 Å². The molecule has 18 heavy (non-hydrogen) atoms. The van der Waals surface area contributed by atoms with E-state index in [0.717, 1.165) is 5.19 Å². The van der Waals surface area contributed by atoms with Crippen molar-refractivity contribution >= 4 is 24.6 Å². The third-order valence-electron chi connectivity index (χ3n) is 2.13. The second-order valence-electron chi connectivity index (χ2n) is 3.22. The van der Waals surface area contributed by atoms with Crippen LogP contribution >= 0.6 is 0 Å². The first-order valence-electron chi connectivity index (χ1n) is 6.14. The molecule has 6 heteroatoms. The molecule has 1 rings (SSSR count). The van der Waals surface area contributed by atoms with Crippen molar-refractivity contribution in [1.82, 2.24) is 0 Å². The lowest BCUT2D eigenvalue weighted by Gasteiger charge is -2.28. The van der Waals surface area contributed by atoms with Crippen molar-refractivity contribution < 1.29 is 17.4 Å². The van der Waals surface area contributed by atoms with Gasteiger partial charge in [-0.15, -0.1) is 0 Å². The molecule has 0 aliphatic heterocycles. The fourth-order valence-electron chi connectivity index (χ4n) is 1.59. The van der Waals surface area contributed by atoms with Crippen LogP contribution in [0.5, 0.6) is 0 Å². The molecule has 0 saturated heterocycles. The van der Waals surface area contributed by atoms with Crippen LogP contribution in [0.1, 0.15) is 20.8 Å². The molecule has 0 aromatic heterocycles. The fraction of sp³-hybridized carbons (Fsp3) is 0.500. The van der Waals surface area contributed by atoms with Crippen molar-refractivity contribution in [1.29, 1.82) is 0 Å². The van der Waals surface area contributed by atoms with Gasteiger partial charge in [0.2, 0.25) is 10.6 Å². The maximum Gasteiger partial charge on any atom is 0.537 e. The summed E-state index contributed by atoms with van der Waals surface area (Å²) in [4.78, 5) is 0. The number of hydrogen-bond donors (Lipinski definition) is 0. The molecule has 0 bridgehead atoms. The molecule has 0 N–H and O–H groups in total. The fourth-order valence-corrected chi connectivity index (χ4v) is 4.08. The Hall–Kier alpha value is -0.536. The molecule has 0 aliphatic rings. The first kappa shape index (κ1) is 17.5. The molecule has 104 valence electrons. The summed E-state index contributed by atoms with van der Waals surface area (Å²) in [6.45, 7) is 7.68. The van der Waals surface area contributed by atoms with Gasteiger partial charge in [0, 0.05) is 25.0 Å². The van der Waals surface area contributed by atoms with Crippen LogP contribution in [0.25, 0.3) is 0 Å². The van der Waals surface area contributed by atoms with Gasteiger partial charge in [-0.1, -0.05) is 30.3 Å². The maximum atomic E-state index is 9.64. The molecule has 1 aromatic carbocycles. The number of benzene rings is 1. The highest BCUT2D eigenvalue weighted by Gasteiger charge is 2.42. The Morgan fingerprint density at radius 1 is 0.889 bits per heavy atom. The lowest BCUT2D eigenvalue weighted by atomic mass is 10.4. The Morgan fingerprint density at radius 2 is 1.28 bits per heavy atom. The Bertz CT molecular complexity index is 282. The van der Waals surface area contributed by atoms with E-state index in [1.54, 1.807) is 0 Å². The van der Waals surface area contributed by atoms with E-state index in [2.05, 4.69) is 0 Å². The molecule has 0 unspecified atom stereocenters. The minimum absolute atomic E-state index is 0.194. The van der Waals surface area contributed by atoms with Gasteiger partial charge in [0.05, 0.1) is 0 Å². The van der Waals surface area contributed by atoms with Gasteiger partial charge in [-0.3, -0.25) is 0 Å². The summed E-state index contributed by atoms with van der Waals surface area (Å²) >= 11 is 0. The van der Waals surface area contributed by atoms with Crippen molar-refractivity contribution in [3.8, 4) is 0 Å². The molecule has 1 aromatic rings. The summed E-state index contributed by atoms with van der Waals surface area (Å²) in [6, 6.07) is 9.95. The van der Waals surface area contributed by atoms with Crippen LogP contribution < -0.4 is 5.19 Å². The Kier molecular flexibility index (Phi) is 10.1. The molecule has 0 heterocycles. The zero-order valence-electron chi connectivity index (χ0n) is 11.6. The number of rotatable bonds is 7. The average molecular weight is 290 g/mol. The average Bonchev–Trinajstić information content (AvgIpc) is 2.43. The second-order valence-corrected chi connectivity index (χ2v) is 5.78. The van der Waals surface area contributed by atoms with Crippen molar-refractivity contribution in [3.63, 3.8) is 0 Å². The molecule has 0 saturated carbocycles. The third kappa shape index (κ3) is 4.99. The largest absolute Gasteiger partial charge is 0.537 e. The van der Waals surface area contributed by atoms with Gasteiger partial charge < -0.3 is 17.4 Å². The molecule has 0 radical (unpaired) electrons. The van der Waals surface area contributed by atoms with Gasteiger partial charge in [0.15, 0.2) is 0 Å². The smallest absolute Gasteiger partial charge is 0.370 e. The molecular formula is C12H23FO3Si2. The van der Waals surface area contributed by atoms with E-state index in [9.17, 15) is 4.11 Å². The van der Waals surface area contributed by atoms with Crippen LogP contribution in [0.15, 0.2) is 30.3 Å². The third-order valence-corrected chi connectivity index (χ3v) is 5.18. The van der Waals surface area contributed by atoms with Crippen molar-refractivity contribution in [3.05, 3.63) is 30.3 Å². The van der Waals surface area contributed by atoms with E-state index in [1.807, 2.05) is 51.1 Å². The van der Waals surface area contributed by atoms with Crippen molar-refractivity contribution in [2.45, 2.75) is 20.8 Å². The Balaban J connectivity index is 0.00000137. The predicted octanol–water partition coefficient (Wildman–Crippen LogP) is 1.18. The van der Waals surface area contributed by atoms with E-state index < -0.39 is 8.80 Å². The van der Waals surface area contributed by atoms with Crippen LogP contribution in [-0.4, -0.2) is 39.2 Å². The minimum atomic E-state index is -2.67. The van der Waals surface area contributed by atoms with E-state index in [0.29, 0.717) is 19.8 Å². The molecular weight excluding hydrogens is 267 g/mol. The summed E-state index contributed by atoms with van der Waals surface area (Å²) in [5.41, 5.74) is 0. The SMILES string of the molecule is CCO[Si](OCC)(OCC)c1ccccc1.F[SiH3].